The zero-order chi connectivity index (χ0) is 28.9. The number of halogens is 5. The van der Waals surface area contributed by atoms with E-state index in [2.05, 4.69) is 36.2 Å². The van der Waals surface area contributed by atoms with E-state index in [1.807, 2.05) is 0 Å². The topological polar surface area (TPSA) is 139 Å². The molecule has 11 nitrogen and oxygen atoms in total. The molecule has 2 amide bonds. The minimum absolute atomic E-state index is 0.00696. The molecule has 2 aromatic heterocycles. The van der Waals surface area contributed by atoms with Gasteiger partial charge in [-0.3, -0.25) is 9.78 Å². The number of nitrogens with one attached hydrogen (secondary N) is 4. The molecule has 16 heteroatoms. The van der Waals surface area contributed by atoms with E-state index in [-0.39, 0.29) is 48.3 Å². The Morgan fingerprint density at radius 3 is 2.55 bits per heavy atom. The molecule has 0 bridgehead atoms. The van der Waals surface area contributed by atoms with Gasteiger partial charge in [0.1, 0.15) is 11.4 Å². The number of ether oxygens (including phenoxy) is 2. The molecule has 1 atom stereocenters. The van der Waals surface area contributed by atoms with E-state index in [4.69, 9.17) is 21.1 Å². The van der Waals surface area contributed by atoms with Crippen LogP contribution in [0, 0.1) is 5.82 Å². The summed E-state index contributed by atoms with van der Waals surface area (Å²) in [5.74, 6) is -1.35. The van der Waals surface area contributed by atoms with Gasteiger partial charge in [-0.05, 0) is 18.2 Å². The highest BCUT2D eigenvalue weighted by Crippen LogP contribution is 2.37. The molecule has 1 aromatic carbocycles. The fourth-order valence-electron chi connectivity index (χ4n) is 3.75. The number of nitrogens with zero attached hydrogens (tertiary/aromatic N) is 3. The molecule has 3 aromatic rings. The number of hydrogen-bond donors (Lipinski definition) is 4. The Bertz CT molecular complexity index is 1390. The number of carbonyl (C=O) groups is 2. The molecule has 212 valence electrons. The van der Waals surface area contributed by atoms with E-state index in [1.54, 1.807) is 7.05 Å². The van der Waals surface area contributed by atoms with Crippen molar-refractivity contribution in [1.29, 1.82) is 0 Å². The first-order valence-electron chi connectivity index (χ1n) is 11.6. The Morgan fingerprint density at radius 1 is 1.18 bits per heavy atom. The lowest BCUT2D eigenvalue weighted by Crippen LogP contribution is -2.59. The van der Waals surface area contributed by atoms with Crippen LogP contribution in [0.4, 0.5) is 39.7 Å². The molecule has 4 N–H and O–H groups in total. The zero-order valence-corrected chi connectivity index (χ0v) is 21.5. The summed E-state index contributed by atoms with van der Waals surface area (Å²) in [7, 11) is 1.62. The minimum atomic E-state index is -4.79. The van der Waals surface area contributed by atoms with Crippen LogP contribution in [0.2, 0.25) is 5.02 Å². The maximum Gasteiger partial charge on any atom is 0.418 e. The average Bonchev–Trinajstić information content (AvgIpc) is 3.38. The molecule has 1 aliphatic heterocycles. The molecule has 4 rings (SSSR count). The first-order chi connectivity index (χ1) is 19.0. The second kappa shape index (κ2) is 11.9. The van der Waals surface area contributed by atoms with Crippen LogP contribution in [0.25, 0.3) is 0 Å². The molecule has 1 fully saturated rings. The predicted molar refractivity (Wildman–Crippen MR) is 135 cm³/mol. The van der Waals surface area contributed by atoms with Gasteiger partial charge in [0.25, 0.3) is 0 Å². The first kappa shape index (κ1) is 28.8. The normalized spacial score (nSPS) is 16.8. The number of carbonyl (C=O) groups excluding carboxylic acids is 2. The van der Waals surface area contributed by atoms with Crippen LogP contribution < -0.4 is 26.0 Å². The minimum Gasteiger partial charge on any atom is -0.407 e. The van der Waals surface area contributed by atoms with Crippen molar-refractivity contribution in [2.45, 2.75) is 24.7 Å². The summed E-state index contributed by atoms with van der Waals surface area (Å²) in [4.78, 5) is 37.5. The van der Waals surface area contributed by atoms with E-state index in [9.17, 15) is 27.2 Å². The first-order valence-corrected chi connectivity index (χ1v) is 12.0. The lowest BCUT2D eigenvalue weighted by Gasteiger charge is -2.27. The molecule has 1 aliphatic rings. The maximum absolute atomic E-state index is 14.2. The second-order valence-corrected chi connectivity index (χ2v) is 8.92. The lowest BCUT2D eigenvalue weighted by molar-refractivity contribution is -0.137. The van der Waals surface area contributed by atoms with Gasteiger partial charge in [-0.15, -0.1) is 0 Å². The SMILES string of the molecule is CNc1ncc(OC(=O)N[C@@]2(C(=O)NCc3ncc(Nc4c(F)cccc4C(F)(F)F)cc3Cl)CCOC2)cn1. The quantitative estimate of drug-likeness (QED) is 0.289. The van der Waals surface area contributed by atoms with Crippen LogP contribution >= 0.6 is 11.6 Å². The van der Waals surface area contributed by atoms with E-state index in [1.165, 1.54) is 18.5 Å². The number of rotatable bonds is 8. The van der Waals surface area contributed by atoms with E-state index in [0.29, 0.717) is 5.95 Å². The van der Waals surface area contributed by atoms with Gasteiger partial charge in [0.05, 0.1) is 59.4 Å². The van der Waals surface area contributed by atoms with E-state index in [0.717, 1.165) is 24.4 Å². The molecular formula is C24H22ClF4N7O4. The van der Waals surface area contributed by atoms with Crippen molar-refractivity contribution in [2.75, 3.05) is 30.9 Å². The number of alkyl halides is 3. The third-order valence-corrected chi connectivity index (χ3v) is 6.11. The summed E-state index contributed by atoms with van der Waals surface area (Å²) >= 11 is 6.24. The molecule has 1 saturated heterocycles. The predicted octanol–water partition coefficient (Wildman–Crippen LogP) is 4.03. The van der Waals surface area contributed by atoms with Gasteiger partial charge in [-0.2, -0.15) is 13.2 Å². The van der Waals surface area contributed by atoms with Gasteiger partial charge in [0.2, 0.25) is 11.9 Å². The van der Waals surface area contributed by atoms with Gasteiger partial charge >= 0.3 is 12.3 Å². The van der Waals surface area contributed by atoms with Crippen LogP contribution in [-0.4, -0.2) is 52.8 Å². The van der Waals surface area contributed by atoms with Crippen LogP contribution in [0.15, 0.2) is 42.9 Å². The summed E-state index contributed by atoms with van der Waals surface area (Å²) in [5, 5.41) is 10.2. The highest BCUT2D eigenvalue weighted by molar-refractivity contribution is 6.31. The summed E-state index contributed by atoms with van der Waals surface area (Å²) in [6.45, 7) is -0.121. The summed E-state index contributed by atoms with van der Waals surface area (Å²) in [6.07, 6.45) is -1.88. The summed E-state index contributed by atoms with van der Waals surface area (Å²) < 4.78 is 64.5. The molecule has 40 heavy (non-hydrogen) atoms. The highest BCUT2D eigenvalue weighted by atomic mass is 35.5. The highest BCUT2D eigenvalue weighted by Gasteiger charge is 2.44. The molecular weight excluding hydrogens is 562 g/mol. The van der Waals surface area contributed by atoms with Crippen molar-refractivity contribution >= 4 is 40.9 Å². The molecule has 0 saturated carbocycles. The third-order valence-electron chi connectivity index (χ3n) is 5.78. The number of benzene rings is 1. The zero-order valence-electron chi connectivity index (χ0n) is 20.7. The van der Waals surface area contributed by atoms with Gasteiger partial charge in [0, 0.05) is 20.1 Å². The van der Waals surface area contributed by atoms with Crippen molar-refractivity contribution in [1.82, 2.24) is 25.6 Å². The molecule has 0 unspecified atom stereocenters. The number of amides is 2. The Hall–Kier alpha value is -4.24. The Kier molecular flexibility index (Phi) is 8.54. The van der Waals surface area contributed by atoms with Crippen LogP contribution in [-0.2, 0) is 22.3 Å². The number of anilines is 3. The van der Waals surface area contributed by atoms with Gasteiger partial charge in [-0.25, -0.2) is 19.2 Å². The maximum atomic E-state index is 14.2. The Balaban J connectivity index is 1.40. The van der Waals surface area contributed by atoms with Crippen molar-refractivity contribution in [2.24, 2.45) is 0 Å². The molecule has 0 aliphatic carbocycles. The largest absolute Gasteiger partial charge is 0.418 e. The van der Waals surface area contributed by atoms with Gasteiger partial charge in [-0.1, -0.05) is 17.7 Å². The smallest absolute Gasteiger partial charge is 0.407 e. The monoisotopic (exact) mass is 583 g/mol. The molecule has 0 spiro atoms. The van der Waals surface area contributed by atoms with Crippen LogP contribution in [0.3, 0.4) is 0 Å². The number of para-hydroxylation sites is 1. The van der Waals surface area contributed by atoms with Crippen molar-refractivity contribution in [3.05, 3.63) is 65.0 Å². The third kappa shape index (κ3) is 6.66. The number of hydrogen-bond acceptors (Lipinski definition) is 9. The standard InChI is InChI=1S/C24H22ClF4N7O4/c1-30-21-33-9-14(10-34-21)40-22(38)36-23(5-6-39-12-23)20(37)32-11-18-16(25)7-13(8-31-18)35-19-15(24(27,28)29)3-2-4-17(19)26/h2-4,7-10,35H,5-6,11-12H2,1H3,(H,32,37)(H,36,38)(H,30,33,34)/t23-/m0/s1. The fraction of sp³-hybridized carbons (Fsp3) is 0.292. The van der Waals surface area contributed by atoms with Crippen molar-refractivity contribution in [3.63, 3.8) is 0 Å². The van der Waals surface area contributed by atoms with Crippen molar-refractivity contribution in [3.8, 4) is 5.75 Å². The van der Waals surface area contributed by atoms with E-state index >= 15 is 0 Å². The Morgan fingerprint density at radius 2 is 1.93 bits per heavy atom. The second-order valence-electron chi connectivity index (χ2n) is 8.51. The summed E-state index contributed by atoms with van der Waals surface area (Å²) in [6, 6.07) is 3.82. The molecule has 3 heterocycles. The van der Waals surface area contributed by atoms with Crippen LogP contribution in [0.1, 0.15) is 17.7 Å². The summed E-state index contributed by atoms with van der Waals surface area (Å²) in [5.41, 5.74) is -3.26. The van der Waals surface area contributed by atoms with Crippen LogP contribution in [0.5, 0.6) is 5.75 Å². The van der Waals surface area contributed by atoms with E-state index < -0.39 is 40.8 Å². The van der Waals surface area contributed by atoms with Gasteiger partial charge < -0.3 is 30.7 Å². The fourth-order valence-corrected chi connectivity index (χ4v) is 3.99. The van der Waals surface area contributed by atoms with Crippen molar-refractivity contribution < 1.29 is 36.6 Å². The number of pyridine rings is 1. The Labute approximate surface area is 229 Å². The average molecular weight is 584 g/mol. The lowest BCUT2D eigenvalue weighted by atomic mass is 9.97. The molecule has 0 radical (unpaired) electrons. The number of aromatic nitrogens is 3. The van der Waals surface area contributed by atoms with Gasteiger partial charge in [0.15, 0.2) is 5.75 Å².